The topological polar surface area (TPSA) is 83.9 Å². The Bertz CT molecular complexity index is 608. The molecule has 2 N–H and O–H groups in total. The molecule has 2 rings (SSSR count). The van der Waals surface area contributed by atoms with E-state index in [1.54, 1.807) is 6.07 Å². The summed E-state index contributed by atoms with van der Waals surface area (Å²) in [5, 5.41) is 8.01. The molecular formula is C11H11FN2O2S. The van der Waals surface area contributed by atoms with E-state index in [1.807, 2.05) is 6.07 Å². The second kappa shape index (κ2) is 3.52. The lowest BCUT2D eigenvalue weighted by Crippen LogP contribution is -2.28. The normalized spacial score (nSPS) is 31.9. The van der Waals surface area contributed by atoms with Gasteiger partial charge in [-0.15, -0.1) is 0 Å². The molecule has 4 nitrogen and oxygen atoms in total. The Labute approximate surface area is 98.8 Å². The second-order valence-corrected chi connectivity index (χ2v) is 6.49. The van der Waals surface area contributed by atoms with Crippen molar-refractivity contribution in [2.75, 3.05) is 6.26 Å². The molecule has 0 bridgehead atoms. The molecule has 3 atom stereocenters. The molecule has 6 heteroatoms. The Balaban J connectivity index is 2.46. The molecule has 0 saturated heterocycles. The van der Waals surface area contributed by atoms with Gasteiger partial charge < -0.3 is 5.73 Å². The summed E-state index contributed by atoms with van der Waals surface area (Å²) in [6.07, 6.45) is 1.04. The van der Waals surface area contributed by atoms with Crippen LogP contribution < -0.4 is 5.73 Å². The van der Waals surface area contributed by atoms with E-state index in [1.165, 1.54) is 18.2 Å². The minimum absolute atomic E-state index is 0.449. The van der Waals surface area contributed by atoms with Crippen molar-refractivity contribution in [2.45, 2.75) is 16.7 Å². The number of nitrogens with two attached hydrogens (primary N) is 1. The number of hydrogen-bond donors (Lipinski definition) is 1. The van der Waals surface area contributed by atoms with Gasteiger partial charge in [-0.05, 0) is 17.7 Å². The Morgan fingerprint density at radius 1 is 1.53 bits per heavy atom. The van der Waals surface area contributed by atoms with Crippen molar-refractivity contribution < 1.29 is 12.8 Å². The van der Waals surface area contributed by atoms with Crippen LogP contribution in [-0.2, 0) is 9.84 Å². The highest BCUT2D eigenvalue weighted by Crippen LogP contribution is 2.53. The quantitative estimate of drug-likeness (QED) is 0.835. The highest BCUT2D eigenvalue weighted by atomic mass is 32.2. The standard InChI is InChI=1S/C11H11FN2O2S/c1-17(15,16)10-9(11(10,14)6-13)7-3-2-4-8(12)5-7/h2-5,9-10H,14H2,1H3/t9-,10-,11-/m0/s1. The van der Waals surface area contributed by atoms with Crippen molar-refractivity contribution in [3.8, 4) is 6.07 Å². The highest BCUT2D eigenvalue weighted by Gasteiger charge is 2.69. The Hall–Kier alpha value is -1.45. The maximum Gasteiger partial charge on any atom is 0.153 e. The fraction of sp³-hybridized carbons (Fsp3) is 0.364. The van der Waals surface area contributed by atoms with Gasteiger partial charge in [-0.2, -0.15) is 5.26 Å². The van der Waals surface area contributed by atoms with Gasteiger partial charge in [0.1, 0.15) is 16.6 Å². The van der Waals surface area contributed by atoms with E-state index in [0.717, 1.165) is 6.26 Å². The van der Waals surface area contributed by atoms with E-state index in [-0.39, 0.29) is 0 Å². The molecule has 1 aromatic carbocycles. The van der Waals surface area contributed by atoms with Gasteiger partial charge in [0.2, 0.25) is 0 Å². The number of halogens is 1. The lowest BCUT2D eigenvalue weighted by Gasteiger charge is -2.00. The van der Waals surface area contributed by atoms with Gasteiger partial charge >= 0.3 is 0 Å². The fourth-order valence-corrected chi connectivity index (χ4v) is 3.97. The van der Waals surface area contributed by atoms with Crippen molar-refractivity contribution in [1.82, 2.24) is 0 Å². The monoisotopic (exact) mass is 254 g/mol. The summed E-state index contributed by atoms with van der Waals surface area (Å²) in [6.45, 7) is 0. The van der Waals surface area contributed by atoms with Gasteiger partial charge in [0.25, 0.3) is 0 Å². The first-order valence-corrected chi connectivity index (χ1v) is 6.90. The Morgan fingerprint density at radius 2 is 2.18 bits per heavy atom. The average molecular weight is 254 g/mol. The first-order chi connectivity index (χ1) is 7.80. The molecule has 1 aliphatic carbocycles. The summed E-state index contributed by atoms with van der Waals surface area (Å²) < 4.78 is 36.1. The minimum atomic E-state index is -3.43. The van der Waals surface area contributed by atoms with E-state index in [0.29, 0.717) is 5.56 Å². The maximum atomic E-state index is 13.1. The molecule has 1 aromatic rings. The van der Waals surface area contributed by atoms with Crippen LogP contribution in [0.25, 0.3) is 0 Å². The number of benzene rings is 1. The number of rotatable bonds is 2. The van der Waals surface area contributed by atoms with Crippen LogP contribution in [0.5, 0.6) is 0 Å². The van der Waals surface area contributed by atoms with Gasteiger partial charge in [0.05, 0.1) is 6.07 Å². The van der Waals surface area contributed by atoms with Crippen molar-refractivity contribution in [1.29, 1.82) is 5.26 Å². The molecule has 90 valence electrons. The largest absolute Gasteiger partial charge is 0.312 e. The van der Waals surface area contributed by atoms with E-state index in [4.69, 9.17) is 11.0 Å². The molecule has 0 aromatic heterocycles. The summed E-state index contributed by atoms with van der Waals surface area (Å²) in [5.41, 5.74) is 4.75. The zero-order valence-electron chi connectivity index (χ0n) is 9.09. The van der Waals surface area contributed by atoms with E-state index < -0.39 is 32.4 Å². The molecular weight excluding hydrogens is 243 g/mol. The summed E-state index contributed by atoms with van der Waals surface area (Å²) >= 11 is 0. The molecule has 1 fully saturated rings. The van der Waals surface area contributed by atoms with Gasteiger partial charge in [-0.25, -0.2) is 12.8 Å². The fourth-order valence-electron chi connectivity index (χ4n) is 2.26. The predicted molar refractivity (Wildman–Crippen MR) is 60.3 cm³/mol. The van der Waals surface area contributed by atoms with Gasteiger partial charge in [0, 0.05) is 12.2 Å². The van der Waals surface area contributed by atoms with Crippen LogP contribution in [0, 0.1) is 17.1 Å². The molecule has 1 aliphatic rings. The van der Waals surface area contributed by atoms with Gasteiger partial charge in [-0.1, -0.05) is 12.1 Å². The van der Waals surface area contributed by atoms with Crippen LogP contribution in [0.2, 0.25) is 0 Å². The van der Waals surface area contributed by atoms with Crippen LogP contribution >= 0.6 is 0 Å². The van der Waals surface area contributed by atoms with Crippen LogP contribution in [0.1, 0.15) is 11.5 Å². The first-order valence-electron chi connectivity index (χ1n) is 4.95. The van der Waals surface area contributed by atoms with E-state index in [2.05, 4.69) is 0 Å². The number of hydrogen-bond acceptors (Lipinski definition) is 4. The smallest absolute Gasteiger partial charge is 0.153 e. The molecule has 17 heavy (non-hydrogen) atoms. The summed E-state index contributed by atoms with van der Waals surface area (Å²) in [4.78, 5) is 0. The zero-order chi connectivity index (χ0) is 12.8. The Morgan fingerprint density at radius 3 is 2.59 bits per heavy atom. The number of sulfone groups is 1. The van der Waals surface area contributed by atoms with E-state index in [9.17, 15) is 12.8 Å². The lowest BCUT2D eigenvalue weighted by molar-refractivity contribution is 0.597. The third-order valence-electron chi connectivity index (χ3n) is 3.04. The Kier molecular flexibility index (Phi) is 2.49. The van der Waals surface area contributed by atoms with Gasteiger partial charge in [-0.3, -0.25) is 0 Å². The zero-order valence-corrected chi connectivity index (χ0v) is 9.91. The molecule has 0 spiro atoms. The van der Waals surface area contributed by atoms with Crippen molar-refractivity contribution in [3.05, 3.63) is 35.6 Å². The predicted octanol–water partition coefficient (Wildman–Crippen LogP) is 0.557. The van der Waals surface area contributed by atoms with Crippen LogP contribution in [0.15, 0.2) is 24.3 Å². The number of nitriles is 1. The molecule has 0 heterocycles. The van der Waals surface area contributed by atoms with Crippen LogP contribution in [0.4, 0.5) is 4.39 Å². The summed E-state index contributed by atoms with van der Waals surface area (Å²) in [6, 6.07) is 7.34. The SMILES string of the molecule is CS(=O)(=O)[C@H]1[C@H](c2cccc(F)c2)[C@@]1(N)C#N. The highest BCUT2D eigenvalue weighted by molar-refractivity contribution is 7.91. The van der Waals surface area contributed by atoms with Crippen molar-refractivity contribution in [2.24, 2.45) is 5.73 Å². The molecule has 1 saturated carbocycles. The molecule has 0 unspecified atom stereocenters. The lowest BCUT2D eigenvalue weighted by atomic mass is 10.1. The first kappa shape index (κ1) is 12.0. The molecule has 0 radical (unpaired) electrons. The minimum Gasteiger partial charge on any atom is -0.312 e. The second-order valence-electron chi connectivity index (χ2n) is 4.33. The van der Waals surface area contributed by atoms with Crippen molar-refractivity contribution in [3.63, 3.8) is 0 Å². The average Bonchev–Trinajstić information content (AvgIpc) is 2.86. The number of nitrogens with zero attached hydrogens (tertiary/aromatic N) is 1. The van der Waals surface area contributed by atoms with Gasteiger partial charge in [0.15, 0.2) is 9.84 Å². The molecule has 0 amide bonds. The third kappa shape index (κ3) is 1.81. The van der Waals surface area contributed by atoms with Crippen LogP contribution in [0.3, 0.4) is 0 Å². The third-order valence-corrected chi connectivity index (χ3v) is 4.63. The maximum absolute atomic E-state index is 13.1. The molecule has 0 aliphatic heterocycles. The summed E-state index contributed by atoms with van der Waals surface area (Å²) in [5.74, 6) is -1.12. The van der Waals surface area contributed by atoms with Crippen molar-refractivity contribution >= 4 is 9.84 Å². The van der Waals surface area contributed by atoms with E-state index >= 15 is 0 Å². The van der Waals surface area contributed by atoms with Crippen LogP contribution in [-0.4, -0.2) is 25.5 Å². The summed E-state index contributed by atoms with van der Waals surface area (Å²) in [7, 11) is -3.43.